The molecule has 0 aliphatic heterocycles. The number of nitrogens with two attached hydrogens (primary N) is 1. The van der Waals surface area contributed by atoms with Gasteiger partial charge in [0, 0.05) is 23.2 Å². The lowest BCUT2D eigenvalue weighted by molar-refractivity contribution is -0.114. The smallest absolute Gasteiger partial charge is 0.330 e. The van der Waals surface area contributed by atoms with E-state index in [2.05, 4.69) is 4.98 Å². The van der Waals surface area contributed by atoms with Crippen LogP contribution >= 0.6 is 23.2 Å². The number of benzene rings is 2. The molecule has 3 N–H and O–H groups in total. The summed E-state index contributed by atoms with van der Waals surface area (Å²) in [5.74, 6) is -0.665. The van der Waals surface area contributed by atoms with Crippen LogP contribution in [0.25, 0.3) is 6.08 Å². The van der Waals surface area contributed by atoms with Crippen molar-refractivity contribution in [1.29, 1.82) is 0 Å². The van der Waals surface area contributed by atoms with E-state index in [4.69, 9.17) is 33.7 Å². The lowest BCUT2D eigenvalue weighted by Gasteiger charge is -2.23. The van der Waals surface area contributed by atoms with Gasteiger partial charge in [0.05, 0.1) is 19.7 Å². The normalized spacial score (nSPS) is 11.1. The summed E-state index contributed by atoms with van der Waals surface area (Å²) in [5.41, 5.74) is 5.94. The molecular weight excluding hydrogens is 467 g/mol. The first kappa shape index (κ1) is 24.3. The number of nitrogens with one attached hydrogen (secondary N) is 1. The van der Waals surface area contributed by atoms with Crippen molar-refractivity contribution < 1.29 is 9.53 Å². The van der Waals surface area contributed by atoms with Crippen LogP contribution in [0.15, 0.2) is 64.2 Å². The topological polar surface area (TPSA) is 110 Å². The summed E-state index contributed by atoms with van der Waals surface area (Å²) in [4.78, 5) is 41.7. The van der Waals surface area contributed by atoms with Crippen LogP contribution in [0.2, 0.25) is 10.0 Å². The summed E-state index contributed by atoms with van der Waals surface area (Å²) in [6, 6.07) is 14.0. The predicted molar refractivity (Wildman–Crippen MR) is 131 cm³/mol. The fourth-order valence-electron chi connectivity index (χ4n) is 3.16. The molecule has 0 unspecified atom stereocenters. The quantitative estimate of drug-likeness (QED) is 0.472. The fraction of sp³-hybridized carbons (Fsp3) is 0.174. The number of amides is 1. The highest BCUT2D eigenvalue weighted by Gasteiger charge is 2.23. The average molecular weight is 489 g/mol. The third-order valence-corrected chi connectivity index (χ3v) is 5.38. The lowest BCUT2D eigenvalue weighted by atomic mass is 10.2. The largest absolute Gasteiger partial charge is 0.383 e. The van der Waals surface area contributed by atoms with E-state index < -0.39 is 17.2 Å². The molecule has 0 radical (unpaired) electrons. The van der Waals surface area contributed by atoms with Gasteiger partial charge in [0.15, 0.2) is 5.69 Å². The maximum absolute atomic E-state index is 13.3. The Bertz CT molecular complexity index is 1290. The number of aromatic amines is 1. The fourth-order valence-corrected chi connectivity index (χ4v) is 3.64. The Kier molecular flexibility index (Phi) is 8.11. The van der Waals surface area contributed by atoms with Crippen LogP contribution in [0.1, 0.15) is 11.1 Å². The number of nitrogens with zero attached hydrogens (tertiary/aromatic N) is 2. The van der Waals surface area contributed by atoms with Crippen molar-refractivity contribution in [1.82, 2.24) is 9.55 Å². The van der Waals surface area contributed by atoms with Gasteiger partial charge in [-0.1, -0.05) is 59.6 Å². The van der Waals surface area contributed by atoms with E-state index in [-0.39, 0.29) is 31.2 Å². The van der Waals surface area contributed by atoms with Crippen molar-refractivity contribution in [3.63, 3.8) is 0 Å². The Labute approximate surface area is 199 Å². The summed E-state index contributed by atoms with van der Waals surface area (Å²) >= 11 is 12.1. The second-order valence-electron chi connectivity index (χ2n) is 7.05. The first-order valence-corrected chi connectivity index (χ1v) is 10.7. The van der Waals surface area contributed by atoms with Gasteiger partial charge in [0.2, 0.25) is 0 Å². The van der Waals surface area contributed by atoms with Crippen molar-refractivity contribution in [2.45, 2.75) is 13.1 Å². The molecule has 3 rings (SSSR count). The summed E-state index contributed by atoms with van der Waals surface area (Å²) in [6.07, 6.45) is 2.80. The van der Waals surface area contributed by atoms with E-state index in [0.29, 0.717) is 15.6 Å². The van der Waals surface area contributed by atoms with Gasteiger partial charge in [-0.15, -0.1) is 0 Å². The Balaban J connectivity index is 2.07. The number of aromatic nitrogens is 2. The van der Waals surface area contributed by atoms with Crippen LogP contribution in [-0.2, 0) is 22.6 Å². The average Bonchev–Trinajstić information content (AvgIpc) is 2.78. The van der Waals surface area contributed by atoms with E-state index in [9.17, 15) is 14.4 Å². The van der Waals surface area contributed by atoms with Gasteiger partial charge in [-0.05, 0) is 29.3 Å². The molecule has 0 atom stereocenters. The number of rotatable bonds is 8. The number of methoxy groups -OCH3 is 1. The van der Waals surface area contributed by atoms with E-state index in [0.717, 1.165) is 10.1 Å². The van der Waals surface area contributed by atoms with Crippen LogP contribution in [0.3, 0.4) is 0 Å². The van der Waals surface area contributed by atoms with Crippen LogP contribution in [0.4, 0.5) is 11.5 Å². The molecule has 1 heterocycles. The Morgan fingerprint density at radius 1 is 1.18 bits per heavy atom. The molecule has 8 nitrogen and oxygen atoms in total. The molecule has 0 saturated heterocycles. The van der Waals surface area contributed by atoms with Crippen molar-refractivity contribution >= 4 is 46.7 Å². The number of H-pyrrole nitrogens is 1. The van der Waals surface area contributed by atoms with Gasteiger partial charge in [0.25, 0.3) is 11.5 Å². The highest BCUT2D eigenvalue weighted by Crippen LogP contribution is 2.23. The highest BCUT2D eigenvalue weighted by atomic mass is 35.5. The zero-order chi connectivity index (χ0) is 24.0. The molecule has 0 bridgehead atoms. The molecule has 0 spiro atoms. The lowest BCUT2D eigenvalue weighted by Crippen LogP contribution is -2.40. The zero-order valence-electron chi connectivity index (χ0n) is 17.8. The van der Waals surface area contributed by atoms with Crippen LogP contribution < -0.4 is 21.9 Å². The molecule has 1 amide bonds. The van der Waals surface area contributed by atoms with Gasteiger partial charge < -0.3 is 10.5 Å². The van der Waals surface area contributed by atoms with Crippen molar-refractivity contribution in [2.75, 3.05) is 24.4 Å². The third kappa shape index (κ3) is 5.92. The molecule has 0 aliphatic carbocycles. The minimum atomic E-state index is -0.770. The standard InChI is InChI=1S/C23H22Cl2N4O4/c1-33-12-11-28-21(26)20(22(31)27-23(28)32)29(14-15-5-3-2-4-6-15)19(30)10-8-16-7-9-17(24)13-18(16)25/h2-10,13H,11-12,14,26H2,1H3,(H,27,31,32)/b10-8+. The third-order valence-electron chi connectivity index (χ3n) is 4.82. The molecule has 0 saturated carbocycles. The van der Waals surface area contributed by atoms with E-state index >= 15 is 0 Å². The van der Waals surface area contributed by atoms with E-state index in [1.807, 2.05) is 30.3 Å². The molecule has 172 valence electrons. The van der Waals surface area contributed by atoms with Gasteiger partial charge in [-0.3, -0.25) is 24.0 Å². The minimum absolute atomic E-state index is 0.0497. The molecule has 1 aromatic heterocycles. The summed E-state index contributed by atoms with van der Waals surface area (Å²) in [5, 5.41) is 0.832. The molecular formula is C23H22Cl2N4O4. The maximum Gasteiger partial charge on any atom is 0.330 e. The minimum Gasteiger partial charge on any atom is -0.383 e. The number of halogens is 2. The van der Waals surface area contributed by atoms with Crippen molar-refractivity contribution in [3.05, 3.63) is 96.6 Å². The summed E-state index contributed by atoms with van der Waals surface area (Å²) in [7, 11) is 1.48. The number of hydrogen-bond acceptors (Lipinski definition) is 5. The molecule has 2 aromatic carbocycles. The molecule has 0 aliphatic rings. The highest BCUT2D eigenvalue weighted by molar-refractivity contribution is 6.35. The second kappa shape index (κ2) is 11.0. The van der Waals surface area contributed by atoms with Crippen molar-refractivity contribution in [3.8, 4) is 0 Å². The number of carbonyl (C=O) groups excluding carboxylic acids is 1. The summed E-state index contributed by atoms with van der Waals surface area (Å²) < 4.78 is 6.17. The number of carbonyl (C=O) groups is 1. The van der Waals surface area contributed by atoms with Gasteiger partial charge in [-0.25, -0.2) is 4.79 Å². The number of ether oxygens (including phenoxy) is 1. The monoisotopic (exact) mass is 488 g/mol. The van der Waals surface area contributed by atoms with Crippen LogP contribution in [-0.4, -0.2) is 29.2 Å². The Morgan fingerprint density at radius 2 is 1.91 bits per heavy atom. The first-order chi connectivity index (χ1) is 15.8. The molecule has 3 aromatic rings. The number of hydrogen-bond donors (Lipinski definition) is 2. The SMILES string of the molecule is COCCn1c(N)c(N(Cc2ccccc2)C(=O)/C=C/c2ccc(Cl)cc2Cl)c(=O)[nH]c1=O. The van der Waals surface area contributed by atoms with Gasteiger partial charge in [-0.2, -0.15) is 0 Å². The van der Waals surface area contributed by atoms with E-state index in [1.165, 1.54) is 24.2 Å². The maximum atomic E-state index is 13.3. The van der Waals surface area contributed by atoms with Gasteiger partial charge in [0.1, 0.15) is 5.82 Å². The Hall–Kier alpha value is -3.33. The molecule has 33 heavy (non-hydrogen) atoms. The first-order valence-electron chi connectivity index (χ1n) is 9.92. The molecule has 0 fully saturated rings. The van der Waals surface area contributed by atoms with Crippen LogP contribution in [0.5, 0.6) is 0 Å². The van der Waals surface area contributed by atoms with Crippen LogP contribution in [0, 0.1) is 0 Å². The van der Waals surface area contributed by atoms with Gasteiger partial charge >= 0.3 is 5.69 Å². The second-order valence-corrected chi connectivity index (χ2v) is 7.89. The van der Waals surface area contributed by atoms with Crippen molar-refractivity contribution in [2.24, 2.45) is 0 Å². The molecule has 10 heteroatoms. The predicted octanol–water partition coefficient (Wildman–Crippen LogP) is 3.32. The van der Waals surface area contributed by atoms with E-state index in [1.54, 1.807) is 18.2 Å². The Morgan fingerprint density at radius 3 is 2.58 bits per heavy atom. The number of anilines is 2. The summed E-state index contributed by atoms with van der Waals surface area (Å²) in [6.45, 7) is 0.347. The zero-order valence-corrected chi connectivity index (χ0v) is 19.3. The number of nitrogen functional groups attached to an aromatic ring is 1.